The van der Waals surface area contributed by atoms with Crippen molar-refractivity contribution in [3.63, 3.8) is 0 Å². The molecule has 0 unspecified atom stereocenters. The molecule has 6 heteroatoms. The summed E-state index contributed by atoms with van der Waals surface area (Å²) in [6, 6.07) is 0. The minimum atomic E-state index is -4.13. The number of nitrogens with one attached hydrogen (secondary N) is 2. The Morgan fingerprint density at radius 1 is 1.27 bits per heavy atom. The fraction of sp³-hybridized carbons (Fsp3) is 0.889. The molecule has 0 aliphatic carbocycles. The van der Waals surface area contributed by atoms with Crippen LogP contribution in [0.2, 0.25) is 0 Å². The maximum atomic E-state index is 11.7. The largest absolute Gasteiger partial charge is 0.389 e. The van der Waals surface area contributed by atoms with E-state index < -0.39 is 12.6 Å². The zero-order valence-electron chi connectivity index (χ0n) is 8.78. The summed E-state index contributed by atoms with van der Waals surface area (Å²) in [5, 5.41) is 5.39. The molecule has 0 fully saturated rings. The van der Waals surface area contributed by atoms with E-state index in [-0.39, 0.29) is 18.9 Å². The molecule has 15 heavy (non-hydrogen) atoms. The number of hydrogen-bond acceptors (Lipinski definition) is 2. The number of carbonyl (C=O) groups excluding carboxylic acids is 1. The molecule has 0 saturated carbocycles. The molecule has 0 rings (SSSR count). The Morgan fingerprint density at radius 3 is 2.47 bits per heavy atom. The van der Waals surface area contributed by atoms with Gasteiger partial charge in [0.25, 0.3) is 0 Å². The summed E-state index contributed by atoms with van der Waals surface area (Å²) in [5.41, 5.74) is 0. The van der Waals surface area contributed by atoms with Gasteiger partial charge in [0.2, 0.25) is 5.91 Å². The lowest BCUT2D eigenvalue weighted by atomic mass is 10.3. The Bertz CT molecular complexity index is 183. The molecule has 1 amide bonds. The van der Waals surface area contributed by atoms with E-state index >= 15 is 0 Å². The number of carbonyl (C=O) groups is 1. The van der Waals surface area contributed by atoms with Crippen LogP contribution in [0.15, 0.2) is 0 Å². The zero-order valence-corrected chi connectivity index (χ0v) is 8.78. The Labute approximate surface area is 87.4 Å². The van der Waals surface area contributed by atoms with Crippen LogP contribution in [-0.2, 0) is 4.79 Å². The quantitative estimate of drug-likeness (QED) is 0.645. The van der Waals surface area contributed by atoms with Crippen LogP contribution in [-0.4, -0.2) is 31.7 Å². The molecule has 0 aromatic rings. The SMILES string of the molecule is CCNCCC(=O)NCCCC(F)(F)F. The van der Waals surface area contributed by atoms with Gasteiger partial charge in [-0.25, -0.2) is 0 Å². The van der Waals surface area contributed by atoms with E-state index in [1.165, 1.54) is 0 Å². The molecule has 0 radical (unpaired) electrons. The van der Waals surface area contributed by atoms with Crippen molar-refractivity contribution in [3.05, 3.63) is 0 Å². The van der Waals surface area contributed by atoms with Crippen molar-refractivity contribution in [2.45, 2.75) is 32.4 Å². The van der Waals surface area contributed by atoms with Gasteiger partial charge in [-0.05, 0) is 13.0 Å². The first-order chi connectivity index (χ1) is 6.95. The van der Waals surface area contributed by atoms with Crippen molar-refractivity contribution in [1.29, 1.82) is 0 Å². The van der Waals surface area contributed by atoms with E-state index in [0.29, 0.717) is 13.0 Å². The second-order valence-corrected chi connectivity index (χ2v) is 3.17. The monoisotopic (exact) mass is 226 g/mol. The van der Waals surface area contributed by atoms with E-state index in [0.717, 1.165) is 6.54 Å². The molecule has 0 spiro atoms. The number of amides is 1. The number of rotatable bonds is 7. The van der Waals surface area contributed by atoms with Crippen LogP contribution in [0.5, 0.6) is 0 Å². The third-order valence-corrected chi connectivity index (χ3v) is 1.74. The van der Waals surface area contributed by atoms with Gasteiger partial charge in [0, 0.05) is 25.9 Å². The van der Waals surface area contributed by atoms with Crippen LogP contribution in [0.4, 0.5) is 13.2 Å². The molecule has 0 bridgehead atoms. The first-order valence-electron chi connectivity index (χ1n) is 5.00. The van der Waals surface area contributed by atoms with Gasteiger partial charge in [0.05, 0.1) is 0 Å². The number of halogens is 3. The van der Waals surface area contributed by atoms with Crippen LogP contribution >= 0.6 is 0 Å². The summed E-state index contributed by atoms with van der Waals surface area (Å²) in [5.74, 6) is -0.210. The van der Waals surface area contributed by atoms with E-state index in [2.05, 4.69) is 10.6 Å². The summed E-state index contributed by atoms with van der Waals surface area (Å²) < 4.78 is 35.1. The van der Waals surface area contributed by atoms with Gasteiger partial charge in [0.1, 0.15) is 0 Å². The maximum absolute atomic E-state index is 11.7. The van der Waals surface area contributed by atoms with Crippen LogP contribution in [0, 0.1) is 0 Å². The molecular weight excluding hydrogens is 209 g/mol. The smallest absolute Gasteiger partial charge is 0.356 e. The first-order valence-corrected chi connectivity index (χ1v) is 5.00. The van der Waals surface area contributed by atoms with Crippen molar-refractivity contribution in [3.8, 4) is 0 Å². The minimum Gasteiger partial charge on any atom is -0.356 e. The summed E-state index contributed by atoms with van der Waals surface area (Å²) in [6.07, 6.45) is -4.73. The van der Waals surface area contributed by atoms with Gasteiger partial charge in [-0.2, -0.15) is 13.2 Å². The van der Waals surface area contributed by atoms with E-state index in [1.54, 1.807) is 0 Å². The lowest BCUT2D eigenvalue weighted by Crippen LogP contribution is -2.28. The van der Waals surface area contributed by atoms with Crippen LogP contribution in [0.3, 0.4) is 0 Å². The molecule has 0 saturated heterocycles. The van der Waals surface area contributed by atoms with E-state index in [4.69, 9.17) is 0 Å². The van der Waals surface area contributed by atoms with Crippen LogP contribution in [0.1, 0.15) is 26.2 Å². The fourth-order valence-electron chi connectivity index (χ4n) is 0.984. The average molecular weight is 226 g/mol. The molecule has 0 aliphatic heterocycles. The van der Waals surface area contributed by atoms with Crippen molar-refractivity contribution < 1.29 is 18.0 Å². The Morgan fingerprint density at radius 2 is 1.93 bits per heavy atom. The molecule has 3 nitrogen and oxygen atoms in total. The number of hydrogen-bond donors (Lipinski definition) is 2. The van der Waals surface area contributed by atoms with Gasteiger partial charge >= 0.3 is 6.18 Å². The van der Waals surface area contributed by atoms with Crippen molar-refractivity contribution in [2.24, 2.45) is 0 Å². The molecule has 2 N–H and O–H groups in total. The lowest BCUT2D eigenvalue weighted by molar-refractivity contribution is -0.136. The third kappa shape index (κ3) is 11.1. The highest BCUT2D eigenvalue weighted by Crippen LogP contribution is 2.20. The summed E-state index contributed by atoms with van der Waals surface area (Å²) in [6.45, 7) is 3.34. The highest BCUT2D eigenvalue weighted by atomic mass is 19.4. The van der Waals surface area contributed by atoms with E-state index in [1.807, 2.05) is 6.92 Å². The number of alkyl halides is 3. The Kier molecular flexibility index (Phi) is 7.11. The second-order valence-electron chi connectivity index (χ2n) is 3.17. The van der Waals surface area contributed by atoms with Crippen molar-refractivity contribution >= 4 is 5.91 Å². The van der Waals surface area contributed by atoms with Gasteiger partial charge in [-0.3, -0.25) is 4.79 Å². The van der Waals surface area contributed by atoms with Gasteiger partial charge in [-0.1, -0.05) is 6.92 Å². The lowest BCUT2D eigenvalue weighted by Gasteiger charge is -2.07. The molecular formula is C9H17F3N2O. The average Bonchev–Trinajstić information content (AvgIpc) is 2.11. The normalized spacial score (nSPS) is 11.5. The zero-order chi connectivity index (χ0) is 11.7. The standard InChI is InChI=1S/C9H17F3N2O/c1-2-13-7-4-8(15)14-6-3-5-9(10,11)12/h13H,2-7H2,1H3,(H,14,15). The van der Waals surface area contributed by atoms with Gasteiger partial charge in [0.15, 0.2) is 0 Å². The molecule has 0 aliphatic rings. The first kappa shape index (κ1) is 14.2. The fourth-order valence-corrected chi connectivity index (χ4v) is 0.984. The van der Waals surface area contributed by atoms with E-state index in [9.17, 15) is 18.0 Å². The topological polar surface area (TPSA) is 41.1 Å². The third-order valence-electron chi connectivity index (χ3n) is 1.74. The maximum Gasteiger partial charge on any atom is 0.389 e. The molecule has 0 aromatic heterocycles. The Hall–Kier alpha value is -0.780. The second kappa shape index (κ2) is 7.50. The molecule has 0 heterocycles. The Balaban J connectivity index is 3.32. The summed E-state index contributed by atoms with van der Waals surface area (Å²) >= 11 is 0. The highest BCUT2D eigenvalue weighted by Gasteiger charge is 2.25. The van der Waals surface area contributed by atoms with Crippen molar-refractivity contribution in [2.75, 3.05) is 19.6 Å². The van der Waals surface area contributed by atoms with Crippen molar-refractivity contribution in [1.82, 2.24) is 10.6 Å². The molecule has 0 aromatic carbocycles. The predicted octanol–water partition coefficient (Wildman–Crippen LogP) is 1.44. The predicted molar refractivity (Wildman–Crippen MR) is 51.5 cm³/mol. The molecule has 0 atom stereocenters. The van der Waals surface area contributed by atoms with Crippen LogP contribution in [0.25, 0.3) is 0 Å². The minimum absolute atomic E-state index is 0.0591. The summed E-state index contributed by atoms with van der Waals surface area (Å²) in [4.78, 5) is 11.0. The van der Waals surface area contributed by atoms with Crippen LogP contribution < -0.4 is 10.6 Å². The van der Waals surface area contributed by atoms with Gasteiger partial charge in [-0.15, -0.1) is 0 Å². The summed E-state index contributed by atoms with van der Waals surface area (Å²) in [7, 11) is 0. The molecule has 90 valence electrons. The van der Waals surface area contributed by atoms with Gasteiger partial charge < -0.3 is 10.6 Å². The highest BCUT2D eigenvalue weighted by molar-refractivity contribution is 5.75.